The molecule has 1 fully saturated rings. The van der Waals surface area contributed by atoms with E-state index in [0.717, 1.165) is 42.5 Å². The maximum atomic E-state index is 12.8. The Morgan fingerprint density at radius 2 is 2.13 bits per heavy atom. The Morgan fingerprint density at radius 1 is 1.26 bits per heavy atom. The third kappa shape index (κ3) is 4.06. The molecule has 5 rings (SSSR count). The third-order valence-electron chi connectivity index (χ3n) is 5.33. The first-order valence-electron chi connectivity index (χ1n) is 10.1. The number of nitrogens with zero attached hydrogens (tertiary/aromatic N) is 6. The van der Waals surface area contributed by atoms with Crippen molar-refractivity contribution in [2.75, 3.05) is 23.3 Å². The van der Waals surface area contributed by atoms with E-state index in [1.807, 2.05) is 47.3 Å². The Labute approximate surface area is 182 Å². The van der Waals surface area contributed by atoms with Gasteiger partial charge in [-0.3, -0.25) is 9.36 Å². The minimum Gasteiger partial charge on any atom is -0.463 e. The molecule has 1 aliphatic heterocycles. The van der Waals surface area contributed by atoms with E-state index in [2.05, 4.69) is 30.4 Å². The lowest BCUT2D eigenvalue weighted by molar-refractivity contribution is -0.120. The summed E-state index contributed by atoms with van der Waals surface area (Å²) in [4.78, 5) is 23.6. The van der Waals surface area contributed by atoms with E-state index in [1.54, 1.807) is 12.5 Å². The molecule has 1 amide bonds. The molecule has 10 heteroatoms. The summed E-state index contributed by atoms with van der Waals surface area (Å²) in [5.74, 6) is 2.88. The lowest BCUT2D eigenvalue weighted by Gasteiger charge is -2.32. The van der Waals surface area contributed by atoms with E-state index in [4.69, 9.17) is 4.42 Å². The predicted molar refractivity (Wildman–Crippen MR) is 117 cm³/mol. The lowest BCUT2D eigenvalue weighted by Crippen LogP contribution is -2.41. The number of carbonyl (C=O) groups is 1. The van der Waals surface area contributed by atoms with Crippen LogP contribution in [0.3, 0.4) is 0 Å². The van der Waals surface area contributed by atoms with Gasteiger partial charge in [0.2, 0.25) is 5.91 Å². The maximum absolute atomic E-state index is 12.8. The van der Waals surface area contributed by atoms with Gasteiger partial charge in [0.15, 0.2) is 22.5 Å². The minimum atomic E-state index is -0.137. The Morgan fingerprint density at radius 3 is 2.87 bits per heavy atom. The largest absolute Gasteiger partial charge is 0.463 e. The van der Waals surface area contributed by atoms with Crippen LogP contribution >= 0.6 is 11.3 Å². The molecule has 1 unspecified atom stereocenters. The average molecular weight is 436 g/mol. The van der Waals surface area contributed by atoms with Gasteiger partial charge in [0.05, 0.1) is 12.2 Å². The maximum Gasteiger partial charge on any atom is 0.231 e. The van der Waals surface area contributed by atoms with Gasteiger partial charge in [-0.15, -0.1) is 21.5 Å². The van der Waals surface area contributed by atoms with Crippen LogP contribution in [0, 0.1) is 12.8 Å². The smallest absolute Gasteiger partial charge is 0.231 e. The molecule has 0 aliphatic carbocycles. The van der Waals surface area contributed by atoms with Gasteiger partial charge in [0.1, 0.15) is 11.5 Å². The first kappa shape index (κ1) is 19.4. The number of piperidine rings is 1. The van der Waals surface area contributed by atoms with Gasteiger partial charge in [-0.05, 0) is 44.0 Å². The molecule has 1 aliphatic rings. The van der Waals surface area contributed by atoms with Crippen LogP contribution in [-0.2, 0) is 4.79 Å². The van der Waals surface area contributed by atoms with Crippen LogP contribution in [0.1, 0.15) is 18.7 Å². The van der Waals surface area contributed by atoms with Gasteiger partial charge < -0.3 is 14.6 Å². The molecule has 31 heavy (non-hydrogen) atoms. The fourth-order valence-corrected chi connectivity index (χ4v) is 4.41. The number of rotatable bonds is 5. The zero-order valence-corrected chi connectivity index (χ0v) is 17.7. The summed E-state index contributed by atoms with van der Waals surface area (Å²) in [7, 11) is 0. The topological polar surface area (TPSA) is 102 Å². The molecular weight excluding hydrogens is 414 g/mol. The third-order valence-corrected chi connectivity index (χ3v) is 6.09. The van der Waals surface area contributed by atoms with Crippen molar-refractivity contribution >= 4 is 28.2 Å². The SMILES string of the molecule is Cc1nccn1-c1ccc(N2CCCC(C(=O)Nc3nc(-c4ccco4)cs3)C2)nn1. The Hall–Kier alpha value is -3.53. The highest BCUT2D eigenvalue weighted by Gasteiger charge is 2.27. The number of thiazole rings is 1. The van der Waals surface area contributed by atoms with Crippen molar-refractivity contribution < 1.29 is 9.21 Å². The molecule has 4 aromatic heterocycles. The molecule has 4 aromatic rings. The van der Waals surface area contributed by atoms with E-state index in [-0.39, 0.29) is 11.8 Å². The monoisotopic (exact) mass is 435 g/mol. The van der Waals surface area contributed by atoms with Crippen molar-refractivity contribution in [3.8, 4) is 17.3 Å². The van der Waals surface area contributed by atoms with Gasteiger partial charge in [-0.1, -0.05) is 0 Å². The highest BCUT2D eigenvalue weighted by atomic mass is 32.1. The molecule has 1 saturated heterocycles. The Balaban J connectivity index is 1.24. The zero-order chi connectivity index (χ0) is 21.2. The molecule has 9 nitrogen and oxygen atoms in total. The number of amides is 1. The van der Waals surface area contributed by atoms with Gasteiger partial charge in [-0.2, -0.15) is 0 Å². The van der Waals surface area contributed by atoms with E-state index in [1.165, 1.54) is 11.3 Å². The van der Waals surface area contributed by atoms with Gasteiger partial charge >= 0.3 is 0 Å². The summed E-state index contributed by atoms with van der Waals surface area (Å²) >= 11 is 1.39. The summed E-state index contributed by atoms with van der Waals surface area (Å²) in [6.45, 7) is 3.37. The summed E-state index contributed by atoms with van der Waals surface area (Å²) in [5.41, 5.74) is 0.721. The second kappa shape index (κ2) is 8.31. The first-order chi connectivity index (χ1) is 15.2. The number of nitrogens with one attached hydrogen (secondary N) is 1. The number of carbonyl (C=O) groups excluding carboxylic acids is 1. The van der Waals surface area contributed by atoms with Gasteiger partial charge in [0, 0.05) is 30.9 Å². The fraction of sp³-hybridized carbons (Fsp3) is 0.286. The van der Waals surface area contributed by atoms with E-state index >= 15 is 0 Å². The van der Waals surface area contributed by atoms with Crippen LogP contribution in [0.25, 0.3) is 17.3 Å². The number of hydrogen-bond acceptors (Lipinski definition) is 8. The number of aromatic nitrogens is 5. The van der Waals surface area contributed by atoms with Crippen molar-refractivity contribution in [2.24, 2.45) is 5.92 Å². The summed E-state index contributed by atoms with van der Waals surface area (Å²) in [6.07, 6.45) is 6.95. The van der Waals surface area contributed by atoms with Gasteiger partial charge in [-0.25, -0.2) is 9.97 Å². The van der Waals surface area contributed by atoms with Gasteiger partial charge in [0.25, 0.3) is 0 Å². The number of furan rings is 1. The molecule has 0 saturated carbocycles. The second-order valence-electron chi connectivity index (χ2n) is 7.38. The quantitative estimate of drug-likeness (QED) is 0.511. The number of hydrogen-bond donors (Lipinski definition) is 1. The van der Waals surface area contributed by atoms with E-state index in [0.29, 0.717) is 17.4 Å². The number of anilines is 2. The van der Waals surface area contributed by atoms with Crippen molar-refractivity contribution in [2.45, 2.75) is 19.8 Å². The zero-order valence-electron chi connectivity index (χ0n) is 16.9. The molecular formula is C21H21N7O2S. The second-order valence-corrected chi connectivity index (χ2v) is 8.24. The van der Waals surface area contributed by atoms with Crippen molar-refractivity contribution in [1.82, 2.24) is 24.7 Å². The number of imidazole rings is 1. The summed E-state index contributed by atoms with van der Waals surface area (Å²) < 4.78 is 7.25. The average Bonchev–Trinajstić information content (AvgIpc) is 3.56. The fourth-order valence-electron chi connectivity index (χ4n) is 3.71. The molecule has 0 aromatic carbocycles. The lowest BCUT2D eigenvalue weighted by atomic mass is 9.97. The Bertz CT molecular complexity index is 1170. The van der Waals surface area contributed by atoms with Crippen LogP contribution < -0.4 is 10.2 Å². The van der Waals surface area contributed by atoms with E-state index in [9.17, 15) is 4.79 Å². The van der Waals surface area contributed by atoms with Crippen molar-refractivity contribution in [3.63, 3.8) is 0 Å². The normalized spacial score (nSPS) is 16.4. The van der Waals surface area contributed by atoms with Crippen molar-refractivity contribution in [3.05, 3.63) is 54.1 Å². The first-order valence-corrected chi connectivity index (χ1v) is 10.9. The van der Waals surface area contributed by atoms with Crippen LogP contribution in [-0.4, -0.2) is 43.7 Å². The molecule has 1 N–H and O–H groups in total. The standard InChI is InChI=1S/C21H21N7O2S/c1-14-22-8-10-28(14)19-7-6-18(25-26-19)27-9-2-4-15(12-27)20(29)24-21-23-16(13-31-21)17-5-3-11-30-17/h3,5-8,10-11,13,15H,2,4,9,12H2,1H3,(H,23,24,29). The summed E-state index contributed by atoms with van der Waals surface area (Å²) in [6, 6.07) is 7.53. The van der Waals surface area contributed by atoms with Crippen LogP contribution in [0.15, 0.2) is 52.7 Å². The highest BCUT2D eigenvalue weighted by Crippen LogP contribution is 2.27. The van der Waals surface area contributed by atoms with Crippen molar-refractivity contribution in [1.29, 1.82) is 0 Å². The Kier molecular flexibility index (Phi) is 5.21. The van der Waals surface area contributed by atoms with E-state index < -0.39 is 0 Å². The molecule has 158 valence electrons. The van der Waals surface area contributed by atoms with Crippen LogP contribution in [0.5, 0.6) is 0 Å². The number of aryl methyl sites for hydroxylation is 1. The molecule has 0 spiro atoms. The van der Waals surface area contributed by atoms with Crippen LogP contribution in [0.4, 0.5) is 10.9 Å². The molecule has 0 radical (unpaired) electrons. The molecule has 0 bridgehead atoms. The predicted octanol–water partition coefficient (Wildman–Crippen LogP) is 3.54. The molecule has 1 atom stereocenters. The minimum absolute atomic E-state index is 0.0244. The summed E-state index contributed by atoms with van der Waals surface area (Å²) in [5, 5.41) is 14.1. The highest BCUT2D eigenvalue weighted by molar-refractivity contribution is 7.14. The molecule has 5 heterocycles. The van der Waals surface area contributed by atoms with Crippen LogP contribution in [0.2, 0.25) is 0 Å².